The largest absolute Gasteiger partial charge is 0.387 e. The van der Waals surface area contributed by atoms with Gasteiger partial charge in [-0.2, -0.15) is 0 Å². The zero-order chi connectivity index (χ0) is 21.6. The highest BCUT2D eigenvalue weighted by molar-refractivity contribution is 7.12. The zero-order valence-electron chi connectivity index (χ0n) is 17.1. The number of anilines is 1. The molecule has 160 valence electrons. The van der Waals surface area contributed by atoms with Crippen molar-refractivity contribution in [3.05, 3.63) is 22.1 Å². The Hall–Kier alpha value is -2.60. The minimum Gasteiger partial charge on any atom is -0.387 e. The van der Waals surface area contributed by atoms with Gasteiger partial charge in [0.15, 0.2) is 35.1 Å². The number of carbonyl (C=O) groups is 1. The molecule has 1 saturated heterocycles. The maximum Gasteiger partial charge on any atom is 0.252 e. The monoisotopic (exact) mass is 432 g/mol. The third kappa shape index (κ3) is 3.33. The summed E-state index contributed by atoms with van der Waals surface area (Å²) in [6.45, 7) is 6.19. The Morgan fingerprint density at radius 1 is 1.30 bits per heavy atom. The number of carbonyl (C=O) groups excluding carboxylic acids is 1. The van der Waals surface area contributed by atoms with Crippen LogP contribution in [0.1, 0.15) is 22.9 Å². The number of hydrogen-bond acceptors (Lipinski definition) is 9. The van der Waals surface area contributed by atoms with Crippen molar-refractivity contribution in [1.82, 2.24) is 24.8 Å². The fourth-order valence-corrected chi connectivity index (χ4v) is 4.55. The van der Waals surface area contributed by atoms with E-state index in [2.05, 4.69) is 25.6 Å². The Bertz CT molecular complexity index is 1100. The van der Waals surface area contributed by atoms with Crippen LogP contribution in [0.4, 0.5) is 5.82 Å². The number of aromatic nitrogens is 4. The van der Waals surface area contributed by atoms with Gasteiger partial charge in [0.2, 0.25) is 0 Å². The van der Waals surface area contributed by atoms with Gasteiger partial charge in [0.1, 0.15) is 12.2 Å². The standard InChI is InChI=1S/C19H24N6O4S/c1-5-21-18(28)14-12(26)13(27)19(29-14)25-7-22-11-16(20-4)23-15(24-17(11)25)10-6-8(2)30-9(10)3/h6-7,12-14,19,26-27H,5H2,1-4H3,(H,21,28)(H,20,23,24)/t12-,13+,14-,19+/m0/s1. The number of rotatable bonds is 5. The second kappa shape index (κ2) is 7.91. The van der Waals surface area contributed by atoms with Gasteiger partial charge >= 0.3 is 0 Å². The first-order valence-electron chi connectivity index (χ1n) is 9.64. The van der Waals surface area contributed by atoms with Crippen molar-refractivity contribution in [3.8, 4) is 11.4 Å². The molecule has 11 heteroatoms. The topological polar surface area (TPSA) is 134 Å². The molecule has 0 saturated carbocycles. The Kier molecular flexibility index (Phi) is 5.45. The van der Waals surface area contributed by atoms with Crippen LogP contribution in [-0.2, 0) is 9.53 Å². The molecule has 30 heavy (non-hydrogen) atoms. The molecule has 10 nitrogen and oxygen atoms in total. The molecule has 1 amide bonds. The molecule has 0 aliphatic carbocycles. The predicted octanol–water partition coefficient (Wildman–Crippen LogP) is 0.969. The summed E-state index contributed by atoms with van der Waals surface area (Å²) in [4.78, 5) is 28.1. The number of amides is 1. The van der Waals surface area contributed by atoms with E-state index in [9.17, 15) is 15.0 Å². The molecule has 0 unspecified atom stereocenters. The van der Waals surface area contributed by atoms with Crippen molar-refractivity contribution in [2.45, 2.75) is 45.3 Å². The Morgan fingerprint density at radius 3 is 2.70 bits per heavy atom. The molecule has 0 aromatic carbocycles. The van der Waals surface area contributed by atoms with Crippen molar-refractivity contribution >= 4 is 34.2 Å². The van der Waals surface area contributed by atoms with Crippen LogP contribution in [0.3, 0.4) is 0 Å². The maximum atomic E-state index is 12.2. The van der Waals surface area contributed by atoms with Crippen molar-refractivity contribution in [2.75, 3.05) is 18.9 Å². The van der Waals surface area contributed by atoms with Crippen LogP contribution < -0.4 is 10.6 Å². The summed E-state index contributed by atoms with van der Waals surface area (Å²) in [7, 11) is 1.74. The average molecular weight is 433 g/mol. The van der Waals surface area contributed by atoms with Crippen molar-refractivity contribution < 1.29 is 19.7 Å². The summed E-state index contributed by atoms with van der Waals surface area (Å²) in [5.41, 5.74) is 1.84. The van der Waals surface area contributed by atoms with E-state index in [0.29, 0.717) is 29.4 Å². The van der Waals surface area contributed by atoms with E-state index in [1.54, 1.807) is 25.3 Å². The quantitative estimate of drug-likeness (QED) is 0.469. The summed E-state index contributed by atoms with van der Waals surface area (Å²) in [6.07, 6.45) is -3.43. The molecule has 0 radical (unpaired) electrons. The number of nitrogens with one attached hydrogen (secondary N) is 2. The van der Waals surface area contributed by atoms with Gasteiger partial charge in [-0.25, -0.2) is 15.0 Å². The minimum atomic E-state index is -1.37. The molecule has 0 bridgehead atoms. The van der Waals surface area contributed by atoms with Crippen LogP contribution in [0, 0.1) is 13.8 Å². The normalized spacial score (nSPS) is 23.8. The number of aryl methyl sites for hydroxylation is 2. The lowest BCUT2D eigenvalue weighted by atomic mass is 10.1. The molecule has 0 spiro atoms. The number of thiophene rings is 1. The smallest absolute Gasteiger partial charge is 0.252 e. The highest BCUT2D eigenvalue weighted by Crippen LogP contribution is 2.35. The van der Waals surface area contributed by atoms with E-state index in [1.165, 1.54) is 10.9 Å². The number of fused-ring (bicyclic) bond motifs is 1. The summed E-state index contributed by atoms with van der Waals surface area (Å²) >= 11 is 1.66. The summed E-state index contributed by atoms with van der Waals surface area (Å²) < 4.78 is 7.26. The van der Waals surface area contributed by atoms with Crippen LogP contribution in [0.15, 0.2) is 12.4 Å². The van der Waals surface area contributed by atoms with Crippen molar-refractivity contribution in [1.29, 1.82) is 0 Å². The van der Waals surface area contributed by atoms with Crippen LogP contribution >= 0.6 is 11.3 Å². The molecule has 4 rings (SSSR count). The molecule has 1 aliphatic rings. The fourth-order valence-electron chi connectivity index (χ4n) is 3.63. The number of likely N-dealkylation sites (N-methyl/N-ethyl adjacent to an activating group) is 1. The third-order valence-electron chi connectivity index (χ3n) is 5.06. The summed E-state index contributed by atoms with van der Waals surface area (Å²) in [5, 5.41) is 26.6. The number of nitrogens with zero attached hydrogens (tertiary/aromatic N) is 4. The molecule has 3 aromatic heterocycles. The first kappa shape index (κ1) is 20.7. The van der Waals surface area contributed by atoms with Crippen molar-refractivity contribution in [2.24, 2.45) is 0 Å². The lowest BCUT2D eigenvalue weighted by molar-refractivity contribution is -0.137. The lowest BCUT2D eigenvalue weighted by Crippen LogP contribution is -2.42. The Balaban J connectivity index is 1.79. The molecule has 4 heterocycles. The van der Waals surface area contributed by atoms with Crippen LogP contribution in [0.5, 0.6) is 0 Å². The van der Waals surface area contributed by atoms with Crippen LogP contribution in [0.25, 0.3) is 22.6 Å². The van der Waals surface area contributed by atoms with E-state index >= 15 is 0 Å². The number of hydrogen-bond donors (Lipinski definition) is 4. The van der Waals surface area contributed by atoms with E-state index in [4.69, 9.17) is 4.74 Å². The van der Waals surface area contributed by atoms with Gasteiger partial charge in [-0.05, 0) is 26.8 Å². The second-order valence-electron chi connectivity index (χ2n) is 7.12. The third-order valence-corrected chi connectivity index (χ3v) is 6.03. The molecule has 4 N–H and O–H groups in total. The van der Waals surface area contributed by atoms with Crippen LogP contribution in [0.2, 0.25) is 0 Å². The van der Waals surface area contributed by atoms with E-state index in [0.717, 1.165) is 15.3 Å². The number of aliphatic hydroxyl groups excluding tert-OH is 2. The van der Waals surface area contributed by atoms with Gasteiger partial charge in [-0.1, -0.05) is 0 Å². The zero-order valence-corrected chi connectivity index (χ0v) is 17.9. The van der Waals surface area contributed by atoms with Crippen molar-refractivity contribution in [3.63, 3.8) is 0 Å². The fraction of sp³-hybridized carbons (Fsp3) is 0.474. The molecule has 1 aliphatic heterocycles. The molecular formula is C19H24N6O4S. The predicted molar refractivity (Wildman–Crippen MR) is 112 cm³/mol. The van der Waals surface area contributed by atoms with Gasteiger partial charge in [0.25, 0.3) is 5.91 Å². The molecule has 1 fully saturated rings. The van der Waals surface area contributed by atoms with Gasteiger partial charge in [0.05, 0.1) is 6.33 Å². The highest BCUT2D eigenvalue weighted by Gasteiger charge is 2.47. The van der Waals surface area contributed by atoms with Crippen LogP contribution in [-0.4, -0.2) is 67.5 Å². The second-order valence-corrected chi connectivity index (χ2v) is 8.58. The average Bonchev–Trinajstić information content (AvgIpc) is 3.37. The maximum absolute atomic E-state index is 12.2. The summed E-state index contributed by atoms with van der Waals surface area (Å²) in [6, 6.07) is 2.02. The minimum absolute atomic E-state index is 0.391. The first-order valence-corrected chi connectivity index (χ1v) is 10.5. The molecular weight excluding hydrogens is 408 g/mol. The van der Waals surface area contributed by atoms with E-state index in [1.807, 2.05) is 19.9 Å². The number of aliphatic hydroxyl groups is 2. The molecule has 3 aromatic rings. The first-order chi connectivity index (χ1) is 14.3. The summed E-state index contributed by atoms with van der Waals surface area (Å²) in [5.74, 6) is 0.570. The number of ether oxygens (including phenoxy) is 1. The highest BCUT2D eigenvalue weighted by atomic mass is 32.1. The van der Waals surface area contributed by atoms with E-state index < -0.39 is 30.4 Å². The lowest BCUT2D eigenvalue weighted by Gasteiger charge is -2.17. The SMILES string of the molecule is CCNC(=O)[C@H]1O[C@@H](n2cnc3c(NC)nc(-c4cc(C)sc4C)nc32)[C@H](O)[C@@H]1O. The molecule has 4 atom stereocenters. The van der Waals surface area contributed by atoms with Gasteiger partial charge in [-0.3, -0.25) is 9.36 Å². The van der Waals surface area contributed by atoms with Gasteiger partial charge in [-0.15, -0.1) is 11.3 Å². The Morgan fingerprint density at radius 2 is 2.07 bits per heavy atom. The van der Waals surface area contributed by atoms with Gasteiger partial charge in [0, 0.05) is 28.9 Å². The Labute approximate surface area is 176 Å². The van der Waals surface area contributed by atoms with E-state index in [-0.39, 0.29) is 0 Å². The van der Waals surface area contributed by atoms with Gasteiger partial charge < -0.3 is 25.6 Å². The number of imidazole rings is 1.